The lowest BCUT2D eigenvalue weighted by Gasteiger charge is -2.10. The van der Waals surface area contributed by atoms with Crippen LogP contribution in [0.25, 0.3) is 10.9 Å². The molecule has 0 aliphatic carbocycles. The smallest absolute Gasteiger partial charge is 0.141 e. The average molecular weight is 265 g/mol. The van der Waals surface area contributed by atoms with Crippen LogP contribution in [-0.4, -0.2) is 15.1 Å². The Labute approximate surface area is 117 Å². The van der Waals surface area contributed by atoms with E-state index in [9.17, 15) is 5.11 Å². The molecule has 0 saturated heterocycles. The summed E-state index contributed by atoms with van der Waals surface area (Å²) in [6, 6.07) is 15.5. The third-order valence-electron chi connectivity index (χ3n) is 3.20. The summed E-state index contributed by atoms with van der Waals surface area (Å²) >= 11 is 0. The van der Waals surface area contributed by atoms with Crippen molar-refractivity contribution < 1.29 is 5.11 Å². The van der Waals surface area contributed by atoms with Gasteiger partial charge in [0.15, 0.2) is 0 Å². The minimum Gasteiger partial charge on any atom is -0.389 e. The Bertz CT molecular complexity index is 718. The van der Waals surface area contributed by atoms with Gasteiger partial charge in [-0.05, 0) is 36.8 Å². The monoisotopic (exact) mass is 265 g/mol. The number of rotatable bonds is 3. The Kier molecular flexibility index (Phi) is 3.31. The van der Waals surface area contributed by atoms with E-state index in [-0.39, 0.29) is 0 Å². The van der Waals surface area contributed by atoms with Crippen LogP contribution in [0, 0.1) is 0 Å². The molecular formula is C16H15N3O. The molecule has 0 spiro atoms. The molecule has 20 heavy (non-hydrogen) atoms. The second-order valence-corrected chi connectivity index (χ2v) is 4.66. The zero-order valence-corrected chi connectivity index (χ0v) is 11.1. The van der Waals surface area contributed by atoms with Crippen LogP contribution in [0.5, 0.6) is 0 Å². The molecule has 1 atom stereocenters. The van der Waals surface area contributed by atoms with E-state index in [1.165, 1.54) is 0 Å². The van der Waals surface area contributed by atoms with Crippen molar-refractivity contribution in [1.29, 1.82) is 0 Å². The SMILES string of the molecule is C[C@@H](O)c1ccc(Nc2ncnc3ccccc23)cc1. The van der Waals surface area contributed by atoms with E-state index in [1.54, 1.807) is 13.3 Å². The lowest BCUT2D eigenvalue weighted by atomic mass is 10.1. The molecule has 0 amide bonds. The van der Waals surface area contributed by atoms with Crippen LogP contribution < -0.4 is 5.32 Å². The zero-order valence-electron chi connectivity index (χ0n) is 11.1. The van der Waals surface area contributed by atoms with E-state index in [0.29, 0.717) is 0 Å². The van der Waals surface area contributed by atoms with Gasteiger partial charge in [0.25, 0.3) is 0 Å². The van der Waals surface area contributed by atoms with Gasteiger partial charge in [-0.25, -0.2) is 9.97 Å². The Balaban J connectivity index is 1.93. The molecule has 2 aromatic carbocycles. The molecule has 1 aromatic heterocycles. The fourth-order valence-electron chi connectivity index (χ4n) is 2.09. The van der Waals surface area contributed by atoms with Crippen molar-refractivity contribution in [2.45, 2.75) is 13.0 Å². The molecule has 2 N–H and O–H groups in total. The number of aliphatic hydroxyl groups is 1. The van der Waals surface area contributed by atoms with Gasteiger partial charge in [0.2, 0.25) is 0 Å². The first-order valence-electron chi connectivity index (χ1n) is 6.49. The van der Waals surface area contributed by atoms with Gasteiger partial charge < -0.3 is 10.4 Å². The maximum absolute atomic E-state index is 9.50. The molecule has 0 aliphatic rings. The summed E-state index contributed by atoms with van der Waals surface area (Å²) in [5.41, 5.74) is 2.73. The third-order valence-corrected chi connectivity index (χ3v) is 3.20. The molecule has 4 nitrogen and oxygen atoms in total. The summed E-state index contributed by atoms with van der Waals surface area (Å²) in [5, 5.41) is 13.8. The van der Waals surface area contributed by atoms with Crippen molar-refractivity contribution in [3.63, 3.8) is 0 Å². The number of nitrogens with zero attached hydrogens (tertiary/aromatic N) is 2. The highest BCUT2D eigenvalue weighted by Crippen LogP contribution is 2.23. The highest BCUT2D eigenvalue weighted by molar-refractivity contribution is 5.90. The third kappa shape index (κ3) is 2.46. The zero-order chi connectivity index (χ0) is 13.9. The van der Waals surface area contributed by atoms with Gasteiger partial charge in [-0.15, -0.1) is 0 Å². The van der Waals surface area contributed by atoms with Crippen molar-refractivity contribution in [2.75, 3.05) is 5.32 Å². The molecular weight excluding hydrogens is 250 g/mol. The van der Waals surface area contributed by atoms with Gasteiger partial charge in [-0.2, -0.15) is 0 Å². The number of aromatic nitrogens is 2. The first kappa shape index (κ1) is 12.6. The maximum atomic E-state index is 9.50. The van der Waals surface area contributed by atoms with Crippen molar-refractivity contribution in [2.24, 2.45) is 0 Å². The largest absolute Gasteiger partial charge is 0.389 e. The van der Waals surface area contributed by atoms with Crippen LogP contribution in [0.1, 0.15) is 18.6 Å². The fourth-order valence-corrected chi connectivity index (χ4v) is 2.09. The highest BCUT2D eigenvalue weighted by atomic mass is 16.3. The maximum Gasteiger partial charge on any atom is 0.141 e. The Hall–Kier alpha value is -2.46. The first-order chi connectivity index (χ1) is 9.74. The van der Waals surface area contributed by atoms with Gasteiger partial charge in [-0.1, -0.05) is 24.3 Å². The Morgan fingerprint density at radius 3 is 2.50 bits per heavy atom. The van der Waals surface area contributed by atoms with Gasteiger partial charge in [0.05, 0.1) is 11.6 Å². The summed E-state index contributed by atoms with van der Waals surface area (Å²) in [5.74, 6) is 0.778. The van der Waals surface area contributed by atoms with Crippen molar-refractivity contribution in [3.05, 3.63) is 60.4 Å². The molecule has 0 fully saturated rings. The van der Waals surface area contributed by atoms with E-state index in [4.69, 9.17) is 0 Å². The lowest BCUT2D eigenvalue weighted by molar-refractivity contribution is 0.199. The number of aliphatic hydroxyl groups excluding tert-OH is 1. The summed E-state index contributed by atoms with van der Waals surface area (Å²) in [6.45, 7) is 1.75. The number of hydrogen-bond donors (Lipinski definition) is 2. The van der Waals surface area contributed by atoms with Crippen LogP contribution >= 0.6 is 0 Å². The normalized spacial score (nSPS) is 12.3. The summed E-state index contributed by atoms with van der Waals surface area (Å²) < 4.78 is 0. The number of para-hydroxylation sites is 1. The predicted molar refractivity (Wildman–Crippen MR) is 79.9 cm³/mol. The van der Waals surface area contributed by atoms with Crippen molar-refractivity contribution >= 4 is 22.4 Å². The molecule has 0 aliphatic heterocycles. The molecule has 0 bridgehead atoms. The molecule has 3 aromatic rings. The molecule has 3 rings (SSSR count). The number of benzene rings is 2. The minimum atomic E-state index is -0.455. The van der Waals surface area contributed by atoms with Crippen LogP contribution in [0.15, 0.2) is 54.9 Å². The quantitative estimate of drug-likeness (QED) is 0.761. The van der Waals surface area contributed by atoms with E-state index < -0.39 is 6.10 Å². The van der Waals surface area contributed by atoms with Crippen LogP contribution in [0.4, 0.5) is 11.5 Å². The molecule has 4 heteroatoms. The van der Waals surface area contributed by atoms with Crippen LogP contribution in [0.2, 0.25) is 0 Å². The average Bonchev–Trinajstić information content (AvgIpc) is 2.48. The molecule has 0 unspecified atom stereocenters. The summed E-state index contributed by atoms with van der Waals surface area (Å²) in [6.07, 6.45) is 1.10. The van der Waals surface area contributed by atoms with Crippen molar-refractivity contribution in [3.8, 4) is 0 Å². The molecule has 0 saturated carbocycles. The Morgan fingerprint density at radius 2 is 1.75 bits per heavy atom. The van der Waals surface area contributed by atoms with E-state index in [2.05, 4.69) is 15.3 Å². The van der Waals surface area contributed by atoms with Gasteiger partial charge >= 0.3 is 0 Å². The number of hydrogen-bond acceptors (Lipinski definition) is 4. The van der Waals surface area contributed by atoms with Crippen molar-refractivity contribution in [1.82, 2.24) is 9.97 Å². The minimum absolute atomic E-state index is 0.455. The fraction of sp³-hybridized carbons (Fsp3) is 0.125. The predicted octanol–water partition coefficient (Wildman–Crippen LogP) is 3.43. The van der Waals surface area contributed by atoms with E-state index in [1.807, 2.05) is 48.5 Å². The van der Waals surface area contributed by atoms with Gasteiger partial charge in [0, 0.05) is 11.1 Å². The molecule has 0 radical (unpaired) electrons. The number of fused-ring (bicyclic) bond motifs is 1. The van der Waals surface area contributed by atoms with Gasteiger partial charge in [0.1, 0.15) is 12.1 Å². The highest BCUT2D eigenvalue weighted by Gasteiger charge is 2.04. The standard InChI is InChI=1S/C16H15N3O/c1-11(20)12-6-8-13(9-7-12)19-16-14-4-2-3-5-15(14)17-10-18-16/h2-11,20H,1H3,(H,17,18,19)/t11-/m1/s1. The second-order valence-electron chi connectivity index (χ2n) is 4.66. The molecule has 1 heterocycles. The van der Waals surface area contributed by atoms with E-state index >= 15 is 0 Å². The number of anilines is 2. The van der Waals surface area contributed by atoms with Crippen LogP contribution in [0.3, 0.4) is 0 Å². The Morgan fingerprint density at radius 1 is 1.00 bits per heavy atom. The summed E-state index contributed by atoms with van der Waals surface area (Å²) in [4.78, 5) is 8.52. The first-order valence-corrected chi connectivity index (χ1v) is 6.49. The summed E-state index contributed by atoms with van der Waals surface area (Å²) in [7, 11) is 0. The number of nitrogens with one attached hydrogen (secondary N) is 1. The van der Waals surface area contributed by atoms with Gasteiger partial charge in [-0.3, -0.25) is 0 Å². The van der Waals surface area contributed by atoms with Crippen LogP contribution in [-0.2, 0) is 0 Å². The lowest BCUT2D eigenvalue weighted by Crippen LogP contribution is -1.97. The molecule has 100 valence electrons. The van der Waals surface area contributed by atoms with E-state index in [0.717, 1.165) is 28.0 Å². The second kappa shape index (κ2) is 5.27. The topological polar surface area (TPSA) is 58.0 Å².